The van der Waals surface area contributed by atoms with Crippen molar-refractivity contribution in [2.45, 2.75) is 25.3 Å². The minimum absolute atomic E-state index is 0.302. The zero-order chi connectivity index (χ0) is 11.5. The van der Waals surface area contributed by atoms with Gasteiger partial charge in [-0.25, -0.2) is 0 Å². The summed E-state index contributed by atoms with van der Waals surface area (Å²) >= 11 is 0. The molecule has 1 aromatic rings. The Bertz CT molecular complexity index is 356. The maximum absolute atomic E-state index is 5.40. The number of aromatic nitrogens is 2. The van der Waals surface area contributed by atoms with E-state index in [1.54, 1.807) is 0 Å². The number of anilines is 1. The highest BCUT2D eigenvalue weighted by molar-refractivity contribution is 5.28. The van der Waals surface area contributed by atoms with Crippen LogP contribution in [0, 0.1) is 0 Å². The Morgan fingerprint density at radius 1 is 1.35 bits per heavy atom. The second-order valence-electron chi connectivity index (χ2n) is 4.61. The largest absolute Gasteiger partial charge is 0.378 e. The first-order chi connectivity index (χ1) is 8.42. The lowest BCUT2D eigenvalue weighted by molar-refractivity contribution is 0.0744. The summed E-state index contributed by atoms with van der Waals surface area (Å²) in [4.78, 5) is 6.62. The normalized spacial score (nSPS) is 25.4. The van der Waals surface area contributed by atoms with Crippen molar-refractivity contribution in [2.75, 3.05) is 37.7 Å². The van der Waals surface area contributed by atoms with E-state index in [2.05, 4.69) is 20.4 Å². The lowest BCUT2D eigenvalue weighted by Crippen LogP contribution is -2.42. The van der Waals surface area contributed by atoms with Gasteiger partial charge in [0.05, 0.1) is 13.2 Å². The zero-order valence-corrected chi connectivity index (χ0v) is 9.89. The van der Waals surface area contributed by atoms with Gasteiger partial charge in [0.1, 0.15) is 0 Å². The summed E-state index contributed by atoms with van der Waals surface area (Å²) < 4.78 is 10.7. The van der Waals surface area contributed by atoms with E-state index in [-0.39, 0.29) is 0 Å². The van der Waals surface area contributed by atoms with Gasteiger partial charge in [-0.2, -0.15) is 4.98 Å². The van der Waals surface area contributed by atoms with Gasteiger partial charge in [-0.05, 0) is 18.0 Å². The summed E-state index contributed by atoms with van der Waals surface area (Å²) in [5.74, 6) is 1.45. The number of morpholine rings is 1. The van der Waals surface area contributed by atoms with Crippen molar-refractivity contribution in [1.82, 2.24) is 15.5 Å². The van der Waals surface area contributed by atoms with E-state index in [9.17, 15) is 0 Å². The summed E-state index contributed by atoms with van der Waals surface area (Å²) in [5.41, 5.74) is 0. The van der Waals surface area contributed by atoms with E-state index < -0.39 is 0 Å². The van der Waals surface area contributed by atoms with E-state index in [1.807, 2.05) is 0 Å². The molecule has 3 rings (SSSR count). The topological polar surface area (TPSA) is 63.4 Å². The van der Waals surface area contributed by atoms with Crippen LogP contribution in [0.25, 0.3) is 0 Å². The summed E-state index contributed by atoms with van der Waals surface area (Å²) in [6.45, 7) is 4.51. The molecule has 2 fully saturated rings. The van der Waals surface area contributed by atoms with Crippen LogP contribution < -0.4 is 10.2 Å². The molecule has 0 saturated carbocycles. The van der Waals surface area contributed by atoms with E-state index >= 15 is 0 Å². The maximum Gasteiger partial charge on any atom is 0.266 e. The first kappa shape index (κ1) is 11.0. The second-order valence-corrected chi connectivity index (χ2v) is 4.61. The molecule has 0 spiro atoms. The molecule has 0 radical (unpaired) electrons. The SMILES string of the molecule is C1CCN(c2noc(CC3COCCN3)n2)C1. The molecule has 0 aliphatic carbocycles. The number of hydrogen-bond donors (Lipinski definition) is 1. The molecule has 2 aliphatic rings. The average molecular weight is 238 g/mol. The molecular formula is C11H18N4O2. The molecule has 1 unspecified atom stereocenters. The van der Waals surface area contributed by atoms with Crippen molar-refractivity contribution >= 4 is 5.95 Å². The maximum atomic E-state index is 5.40. The first-order valence-electron chi connectivity index (χ1n) is 6.30. The lowest BCUT2D eigenvalue weighted by Gasteiger charge is -2.22. The van der Waals surface area contributed by atoms with E-state index in [0.29, 0.717) is 11.9 Å². The van der Waals surface area contributed by atoms with Crippen LogP contribution in [-0.4, -0.2) is 49.0 Å². The van der Waals surface area contributed by atoms with Gasteiger partial charge >= 0.3 is 0 Å². The number of hydrogen-bond acceptors (Lipinski definition) is 6. The lowest BCUT2D eigenvalue weighted by atomic mass is 10.2. The summed E-state index contributed by atoms with van der Waals surface area (Å²) in [6, 6.07) is 0.302. The molecule has 2 aliphatic heterocycles. The Balaban J connectivity index is 1.59. The molecule has 17 heavy (non-hydrogen) atoms. The van der Waals surface area contributed by atoms with E-state index in [1.165, 1.54) is 12.8 Å². The van der Waals surface area contributed by atoms with Crippen molar-refractivity contribution in [3.63, 3.8) is 0 Å². The van der Waals surface area contributed by atoms with Crippen LogP contribution in [0.1, 0.15) is 18.7 Å². The van der Waals surface area contributed by atoms with Gasteiger partial charge in [0, 0.05) is 32.1 Å². The standard InChI is InChI=1S/C11H18N4O2/c1-2-5-15(4-1)11-13-10(17-14-11)7-9-8-16-6-3-12-9/h9,12H,1-8H2. The zero-order valence-electron chi connectivity index (χ0n) is 9.89. The molecule has 3 heterocycles. The predicted molar refractivity (Wildman–Crippen MR) is 62.1 cm³/mol. The Hall–Kier alpha value is -1.14. The molecule has 6 nitrogen and oxygen atoms in total. The molecule has 0 amide bonds. The fourth-order valence-electron chi connectivity index (χ4n) is 2.34. The summed E-state index contributed by atoms with van der Waals surface area (Å²) in [6.07, 6.45) is 3.20. The highest BCUT2D eigenvalue weighted by atomic mass is 16.5. The third-order valence-corrected chi connectivity index (χ3v) is 3.27. The molecule has 94 valence electrons. The fourth-order valence-corrected chi connectivity index (χ4v) is 2.34. The van der Waals surface area contributed by atoms with Crippen LogP contribution in [0.15, 0.2) is 4.52 Å². The van der Waals surface area contributed by atoms with Gasteiger partial charge in [0.15, 0.2) is 0 Å². The molecular weight excluding hydrogens is 220 g/mol. The predicted octanol–water partition coefficient (Wildman–Crippen LogP) is 0.201. The van der Waals surface area contributed by atoms with Crippen LogP contribution in [0.2, 0.25) is 0 Å². The van der Waals surface area contributed by atoms with Crippen LogP contribution >= 0.6 is 0 Å². The molecule has 0 aromatic carbocycles. The number of rotatable bonds is 3. The summed E-state index contributed by atoms with van der Waals surface area (Å²) in [5, 5.41) is 7.41. The fraction of sp³-hybridized carbons (Fsp3) is 0.818. The number of nitrogens with one attached hydrogen (secondary N) is 1. The minimum Gasteiger partial charge on any atom is -0.378 e. The Morgan fingerprint density at radius 2 is 2.24 bits per heavy atom. The highest BCUT2D eigenvalue weighted by Gasteiger charge is 2.20. The van der Waals surface area contributed by atoms with Crippen molar-refractivity contribution < 1.29 is 9.26 Å². The van der Waals surface area contributed by atoms with Gasteiger partial charge < -0.3 is 19.5 Å². The van der Waals surface area contributed by atoms with Gasteiger partial charge in [0.25, 0.3) is 5.95 Å². The Morgan fingerprint density at radius 3 is 3.00 bits per heavy atom. The van der Waals surface area contributed by atoms with Crippen molar-refractivity contribution in [3.8, 4) is 0 Å². The molecule has 0 bridgehead atoms. The molecule has 6 heteroatoms. The third-order valence-electron chi connectivity index (χ3n) is 3.27. The van der Waals surface area contributed by atoms with Gasteiger partial charge in [-0.15, -0.1) is 0 Å². The Kier molecular flexibility index (Phi) is 3.24. The smallest absolute Gasteiger partial charge is 0.266 e. The van der Waals surface area contributed by atoms with Gasteiger partial charge in [-0.3, -0.25) is 0 Å². The van der Waals surface area contributed by atoms with Crippen molar-refractivity contribution in [2.24, 2.45) is 0 Å². The number of ether oxygens (including phenoxy) is 1. The molecule has 1 N–H and O–H groups in total. The van der Waals surface area contributed by atoms with E-state index in [0.717, 1.165) is 45.2 Å². The number of nitrogens with zero attached hydrogens (tertiary/aromatic N) is 3. The molecule has 1 aromatic heterocycles. The summed E-state index contributed by atoms with van der Waals surface area (Å²) in [7, 11) is 0. The van der Waals surface area contributed by atoms with E-state index in [4.69, 9.17) is 9.26 Å². The van der Waals surface area contributed by atoms with Gasteiger partial charge in [0.2, 0.25) is 5.89 Å². The third kappa shape index (κ3) is 2.58. The van der Waals surface area contributed by atoms with Crippen LogP contribution in [0.3, 0.4) is 0 Å². The highest BCUT2D eigenvalue weighted by Crippen LogP contribution is 2.16. The van der Waals surface area contributed by atoms with Crippen LogP contribution in [-0.2, 0) is 11.2 Å². The Labute approximate surface area is 100 Å². The molecule has 1 atom stereocenters. The first-order valence-corrected chi connectivity index (χ1v) is 6.30. The van der Waals surface area contributed by atoms with Crippen molar-refractivity contribution in [3.05, 3.63) is 5.89 Å². The average Bonchev–Trinajstić information content (AvgIpc) is 3.00. The molecule has 2 saturated heterocycles. The van der Waals surface area contributed by atoms with Gasteiger partial charge in [-0.1, -0.05) is 0 Å². The van der Waals surface area contributed by atoms with Crippen molar-refractivity contribution in [1.29, 1.82) is 0 Å². The minimum atomic E-state index is 0.302. The van der Waals surface area contributed by atoms with Crippen LogP contribution in [0.4, 0.5) is 5.95 Å². The van der Waals surface area contributed by atoms with Crippen LogP contribution in [0.5, 0.6) is 0 Å². The monoisotopic (exact) mass is 238 g/mol. The second kappa shape index (κ2) is 5.01. The quantitative estimate of drug-likeness (QED) is 0.811.